The predicted molar refractivity (Wildman–Crippen MR) is 106 cm³/mol. The van der Waals surface area contributed by atoms with Gasteiger partial charge in [-0.3, -0.25) is 4.79 Å². The van der Waals surface area contributed by atoms with Gasteiger partial charge in [0.2, 0.25) is 0 Å². The molecule has 2 aliphatic heterocycles. The predicted octanol–water partition coefficient (Wildman–Crippen LogP) is 3.55. The number of hydrogen-bond acceptors (Lipinski definition) is 4. The second kappa shape index (κ2) is 8.83. The zero-order chi connectivity index (χ0) is 19.4. The zero-order valence-electron chi connectivity index (χ0n) is 17.7. The molecule has 1 unspecified atom stereocenters. The van der Waals surface area contributed by atoms with Crippen LogP contribution in [0.3, 0.4) is 0 Å². The summed E-state index contributed by atoms with van der Waals surface area (Å²) in [5.41, 5.74) is 3.93. The fourth-order valence-corrected chi connectivity index (χ4v) is 4.09. The molecule has 0 aromatic heterocycles. The molecule has 1 N–H and O–H groups in total. The van der Waals surface area contributed by atoms with Gasteiger partial charge in [-0.1, -0.05) is 41.5 Å². The lowest BCUT2D eigenvalue weighted by atomic mass is 9.96. The molecule has 0 bridgehead atoms. The van der Waals surface area contributed by atoms with Crippen molar-refractivity contribution >= 4 is 5.91 Å². The van der Waals surface area contributed by atoms with Crippen LogP contribution in [0.15, 0.2) is 22.9 Å². The standard InChI is InChI=1S/C21H37N3O2/c1-8-17-20(14(2)3)24(12-11-23(17)7)10-9-16(6)19-21(15(4)5)26-13-18(25)22-19/h14-16H,8-13H2,1-7H3,(H,22,25). The first-order chi connectivity index (χ1) is 12.3. The lowest BCUT2D eigenvalue weighted by molar-refractivity contribution is -0.125. The number of allylic oxidation sites excluding steroid dienone is 4. The van der Waals surface area contributed by atoms with E-state index < -0.39 is 0 Å². The van der Waals surface area contributed by atoms with Crippen molar-refractivity contribution in [1.82, 2.24) is 15.1 Å². The van der Waals surface area contributed by atoms with E-state index in [1.807, 2.05) is 0 Å². The van der Waals surface area contributed by atoms with Crippen LogP contribution in [0.4, 0.5) is 0 Å². The van der Waals surface area contributed by atoms with Crippen molar-refractivity contribution in [3.8, 4) is 0 Å². The van der Waals surface area contributed by atoms with E-state index in [9.17, 15) is 4.79 Å². The van der Waals surface area contributed by atoms with Crippen LogP contribution in [0, 0.1) is 17.8 Å². The summed E-state index contributed by atoms with van der Waals surface area (Å²) in [5.74, 6) is 1.99. The SMILES string of the molecule is CCC1=C(C(C)C)N(CCC(C)C2=C(C(C)C)OCC(=O)N2)CCN1C. The van der Waals surface area contributed by atoms with E-state index in [1.165, 1.54) is 11.4 Å². The lowest BCUT2D eigenvalue weighted by Gasteiger charge is -2.41. The van der Waals surface area contributed by atoms with Gasteiger partial charge in [0.15, 0.2) is 6.61 Å². The van der Waals surface area contributed by atoms with Gasteiger partial charge in [-0.05, 0) is 18.8 Å². The molecule has 2 heterocycles. The quantitative estimate of drug-likeness (QED) is 0.751. The first kappa shape index (κ1) is 20.7. The van der Waals surface area contributed by atoms with Crippen LogP contribution >= 0.6 is 0 Å². The van der Waals surface area contributed by atoms with Gasteiger partial charge in [-0.2, -0.15) is 0 Å². The highest BCUT2D eigenvalue weighted by Crippen LogP contribution is 2.30. The van der Waals surface area contributed by atoms with Crippen LogP contribution in [0.2, 0.25) is 0 Å². The molecule has 0 spiro atoms. The maximum atomic E-state index is 11.8. The Labute approximate surface area is 159 Å². The monoisotopic (exact) mass is 363 g/mol. The largest absolute Gasteiger partial charge is 0.486 e. The van der Waals surface area contributed by atoms with Crippen molar-refractivity contribution in [3.05, 3.63) is 22.9 Å². The first-order valence-corrected chi connectivity index (χ1v) is 10.1. The molecule has 0 aliphatic carbocycles. The molecule has 0 saturated heterocycles. The Morgan fingerprint density at radius 2 is 1.81 bits per heavy atom. The Bertz CT molecular complexity index is 578. The normalized spacial score (nSPS) is 20.1. The molecule has 2 rings (SSSR count). The molecular weight excluding hydrogens is 326 g/mol. The second-order valence-corrected chi connectivity index (χ2v) is 8.21. The van der Waals surface area contributed by atoms with Gasteiger partial charge < -0.3 is 19.9 Å². The highest BCUT2D eigenvalue weighted by molar-refractivity contribution is 5.80. The Hall–Kier alpha value is -1.65. The summed E-state index contributed by atoms with van der Waals surface area (Å²) < 4.78 is 5.72. The molecule has 148 valence electrons. The molecule has 1 amide bonds. The third-order valence-electron chi connectivity index (χ3n) is 5.43. The van der Waals surface area contributed by atoms with Crippen LogP contribution in [-0.2, 0) is 9.53 Å². The summed E-state index contributed by atoms with van der Waals surface area (Å²) in [5, 5.41) is 3.07. The van der Waals surface area contributed by atoms with E-state index in [4.69, 9.17) is 4.74 Å². The molecule has 0 fully saturated rings. The third-order valence-corrected chi connectivity index (χ3v) is 5.43. The van der Waals surface area contributed by atoms with Crippen molar-refractivity contribution in [2.24, 2.45) is 17.8 Å². The van der Waals surface area contributed by atoms with Gasteiger partial charge >= 0.3 is 0 Å². The van der Waals surface area contributed by atoms with Gasteiger partial charge in [0.1, 0.15) is 5.76 Å². The van der Waals surface area contributed by atoms with Crippen LogP contribution < -0.4 is 5.32 Å². The third kappa shape index (κ3) is 4.54. The van der Waals surface area contributed by atoms with Crippen molar-refractivity contribution in [2.45, 2.75) is 54.4 Å². The van der Waals surface area contributed by atoms with Crippen molar-refractivity contribution in [1.29, 1.82) is 0 Å². The Morgan fingerprint density at radius 3 is 2.38 bits per heavy atom. The molecule has 1 atom stereocenters. The summed E-state index contributed by atoms with van der Waals surface area (Å²) in [6, 6.07) is 0. The van der Waals surface area contributed by atoms with E-state index >= 15 is 0 Å². The molecule has 0 radical (unpaired) electrons. The minimum atomic E-state index is -0.0353. The van der Waals surface area contributed by atoms with E-state index in [2.05, 4.69) is 63.7 Å². The zero-order valence-corrected chi connectivity index (χ0v) is 17.7. The van der Waals surface area contributed by atoms with Crippen molar-refractivity contribution in [2.75, 3.05) is 33.3 Å². The van der Waals surface area contributed by atoms with Gasteiger partial charge in [-0.25, -0.2) is 0 Å². The second-order valence-electron chi connectivity index (χ2n) is 8.21. The van der Waals surface area contributed by atoms with Gasteiger partial charge in [-0.15, -0.1) is 0 Å². The number of amides is 1. The smallest absolute Gasteiger partial charge is 0.262 e. The van der Waals surface area contributed by atoms with Gasteiger partial charge in [0.25, 0.3) is 5.91 Å². The minimum Gasteiger partial charge on any atom is -0.486 e. The highest BCUT2D eigenvalue weighted by Gasteiger charge is 2.28. The molecule has 5 nitrogen and oxygen atoms in total. The number of likely N-dealkylation sites (N-methyl/N-ethyl adjacent to an activating group) is 1. The Balaban J connectivity index is 2.13. The first-order valence-electron chi connectivity index (χ1n) is 10.1. The Morgan fingerprint density at radius 1 is 1.12 bits per heavy atom. The average molecular weight is 364 g/mol. The number of carbonyl (C=O) groups excluding carboxylic acids is 1. The number of ether oxygens (including phenoxy) is 1. The van der Waals surface area contributed by atoms with Crippen LogP contribution in [0.5, 0.6) is 0 Å². The van der Waals surface area contributed by atoms with E-state index in [0.29, 0.717) is 5.92 Å². The maximum Gasteiger partial charge on any atom is 0.262 e. The number of nitrogens with zero attached hydrogens (tertiary/aromatic N) is 2. The average Bonchev–Trinajstić information content (AvgIpc) is 2.59. The topological polar surface area (TPSA) is 44.8 Å². The highest BCUT2D eigenvalue weighted by atomic mass is 16.5. The number of rotatable bonds is 7. The van der Waals surface area contributed by atoms with Crippen LogP contribution in [0.25, 0.3) is 0 Å². The molecule has 2 aliphatic rings. The van der Waals surface area contributed by atoms with Gasteiger partial charge in [0, 0.05) is 49.9 Å². The summed E-state index contributed by atoms with van der Waals surface area (Å²) in [6.07, 6.45) is 2.08. The van der Waals surface area contributed by atoms with Crippen molar-refractivity contribution < 1.29 is 9.53 Å². The molecular formula is C21H37N3O2. The molecule has 0 aromatic carbocycles. The number of hydrogen-bond donors (Lipinski definition) is 1. The summed E-state index contributed by atoms with van der Waals surface area (Å²) in [4.78, 5) is 16.8. The van der Waals surface area contributed by atoms with E-state index in [-0.39, 0.29) is 24.3 Å². The minimum absolute atomic E-state index is 0.0353. The maximum absolute atomic E-state index is 11.8. The fourth-order valence-electron chi connectivity index (χ4n) is 4.09. The van der Waals surface area contributed by atoms with E-state index in [1.54, 1.807) is 0 Å². The van der Waals surface area contributed by atoms with Crippen molar-refractivity contribution in [3.63, 3.8) is 0 Å². The summed E-state index contributed by atoms with van der Waals surface area (Å²) >= 11 is 0. The molecule has 26 heavy (non-hydrogen) atoms. The Kier molecular flexibility index (Phi) is 7.01. The van der Waals surface area contributed by atoms with Gasteiger partial charge in [0.05, 0.1) is 5.70 Å². The summed E-state index contributed by atoms with van der Waals surface area (Å²) in [7, 11) is 2.20. The summed E-state index contributed by atoms with van der Waals surface area (Å²) in [6.45, 7) is 16.5. The van der Waals surface area contributed by atoms with Crippen LogP contribution in [-0.4, -0.2) is 49.0 Å². The molecule has 5 heteroatoms. The lowest BCUT2D eigenvalue weighted by Crippen LogP contribution is -2.43. The number of carbonyl (C=O) groups is 1. The van der Waals surface area contributed by atoms with Crippen LogP contribution in [0.1, 0.15) is 54.4 Å². The van der Waals surface area contributed by atoms with E-state index in [0.717, 1.165) is 43.9 Å². The fraction of sp³-hybridized carbons (Fsp3) is 0.762. The number of nitrogens with one attached hydrogen (secondary N) is 1. The molecule has 0 aromatic rings. The molecule has 0 saturated carbocycles.